The van der Waals surface area contributed by atoms with E-state index in [4.69, 9.17) is 11.6 Å². The minimum absolute atomic E-state index is 0.0907. The number of nitrogens with one attached hydrogen (secondary N) is 1. The molecule has 3 aromatic rings. The van der Waals surface area contributed by atoms with Crippen LogP contribution in [-0.2, 0) is 32.3 Å². The van der Waals surface area contributed by atoms with Crippen LogP contribution in [-0.4, -0.2) is 43.3 Å². The van der Waals surface area contributed by atoms with Crippen LogP contribution >= 0.6 is 27.5 Å². The van der Waals surface area contributed by atoms with Crippen LogP contribution in [0.5, 0.6) is 0 Å². The summed E-state index contributed by atoms with van der Waals surface area (Å²) in [7, 11) is -4.60. The van der Waals surface area contributed by atoms with E-state index in [1.165, 1.54) is 36.1 Å². The van der Waals surface area contributed by atoms with Crippen molar-refractivity contribution >= 4 is 55.1 Å². The van der Waals surface area contributed by atoms with Crippen molar-refractivity contribution in [2.45, 2.75) is 56.9 Å². The Kier molecular flexibility index (Phi) is 10.4. The first-order valence-electron chi connectivity index (χ1n) is 12.7. The zero-order chi connectivity index (χ0) is 31.5. The molecule has 0 spiro atoms. The van der Waals surface area contributed by atoms with Crippen LogP contribution < -0.4 is 9.62 Å². The minimum atomic E-state index is -4.81. The molecule has 0 saturated heterocycles. The average molecular weight is 689 g/mol. The molecule has 1 atom stereocenters. The molecule has 226 valence electrons. The third-order valence-corrected chi connectivity index (χ3v) is 8.65. The number of benzene rings is 3. The predicted molar refractivity (Wildman–Crippen MR) is 159 cm³/mol. The van der Waals surface area contributed by atoms with Crippen LogP contribution in [0, 0.1) is 0 Å². The summed E-state index contributed by atoms with van der Waals surface area (Å²) in [5.41, 5.74) is -1.68. The largest absolute Gasteiger partial charge is 0.416 e. The Hall–Kier alpha value is -3.09. The Morgan fingerprint density at radius 3 is 2.19 bits per heavy atom. The highest BCUT2D eigenvalue weighted by molar-refractivity contribution is 9.10. The fourth-order valence-corrected chi connectivity index (χ4v) is 6.16. The number of rotatable bonds is 9. The molecule has 0 aliphatic rings. The predicted octanol–water partition coefficient (Wildman–Crippen LogP) is 6.65. The number of amides is 2. The molecule has 0 aromatic heterocycles. The number of nitrogens with zero attached hydrogens (tertiary/aromatic N) is 2. The van der Waals surface area contributed by atoms with E-state index >= 15 is 0 Å². The molecule has 0 saturated carbocycles. The van der Waals surface area contributed by atoms with Crippen molar-refractivity contribution in [3.05, 3.63) is 93.4 Å². The van der Waals surface area contributed by atoms with Gasteiger partial charge in [0.15, 0.2) is 0 Å². The van der Waals surface area contributed by atoms with Crippen LogP contribution in [0.1, 0.15) is 38.8 Å². The lowest BCUT2D eigenvalue weighted by Crippen LogP contribution is -2.54. The van der Waals surface area contributed by atoms with E-state index in [1.54, 1.807) is 51.1 Å². The Balaban J connectivity index is 2.14. The third-order valence-electron chi connectivity index (χ3n) is 6.06. The summed E-state index contributed by atoms with van der Waals surface area (Å²) in [4.78, 5) is 28.0. The summed E-state index contributed by atoms with van der Waals surface area (Å²) >= 11 is 9.63. The monoisotopic (exact) mass is 687 g/mol. The van der Waals surface area contributed by atoms with Gasteiger partial charge in [0, 0.05) is 16.6 Å². The standard InChI is InChI=1S/C29H30BrClF3N3O4S/c1-19(27(39)35-28(2,3)4)36(17-20-9-8-10-22(30)15-20)26(38)18-37(42(40,41)23-11-6-5-7-12-23)25-16-21(29(32,33)34)13-14-24(25)31/h5-16,19H,17-18H2,1-4H3,(H,35,39)/t19-/m0/s1. The van der Waals surface area contributed by atoms with Gasteiger partial charge < -0.3 is 10.2 Å². The molecule has 0 unspecified atom stereocenters. The molecule has 13 heteroatoms. The van der Waals surface area contributed by atoms with Gasteiger partial charge in [-0.2, -0.15) is 13.2 Å². The number of carbonyl (C=O) groups excluding carboxylic acids is 2. The van der Waals surface area contributed by atoms with Gasteiger partial charge in [-0.1, -0.05) is 57.9 Å². The van der Waals surface area contributed by atoms with Gasteiger partial charge in [-0.05, 0) is 75.7 Å². The number of carbonyl (C=O) groups is 2. The van der Waals surface area contributed by atoms with E-state index in [9.17, 15) is 31.2 Å². The molecular formula is C29H30BrClF3N3O4S. The van der Waals surface area contributed by atoms with Gasteiger partial charge in [0.1, 0.15) is 12.6 Å². The fourth-order valence-electron chi connectivity index (χ4n) is 4.00. The smallest absolute Gasteiger partial charge is 0.350 e. The first kappa shape index (κ1) is 33.4. The summed E-state index contributed by atoms with van der Waals surface area (Å²) in [5, 5.41) is 2.49. The second-order valence-corrected chi connectivity index (χ2v) is 13.7. The summed E-state index contributed by atoms with van der Waals surface area (Å²) in [6, 6.07) is 15.1. The van der Waals surface area contributed by atoms with Crippen molar-refractivity contribution in [3.63, 3.8) is 0 Å². The van der Waals surface area contributed by atoms with E-state index < -0.39 is 57.4 Å². The van der Waals surface area contributed by atoms with Crippen molar-refractivity contribution in [2.75, 3.05) is 10.8 Å². The number of anilines is 1. The van der Waals surface area contributed by atoms with Gasteiger partial charge in [0.25, 0.3) is 10.0 Å². The molecule has 0 radical (unpaired) electrons. The van der Waals surface area contributed by atoms with Crippen molar-refractivity contribution in [1.82, 2.24) is 10.2 Å². The second kappa shape index (κ2) is 13.0. The lowest BCUT2D eigenvalue weighted by molar-refractivity contribution is -0.140. The number of alkyl halides is 3. The molecule has 3 rings (SSSR count). The van der Waals surface area contributed by atoms with Gasteiger partial charge in [-0.3, -0.25) is 13.9 Å². The Labute approximate surface area is 256 Å². The number of hydrogen-bond acceptors (Lipinski definition) is 4. The molecule has 7 nitrogen and oxygen atoms in total. The summed E-state index contributed by atoms with van der Waals surface area (Å²) < 4.78 is 69.8. The maximum absolute atomic E-state index is 14.0. The molecular weight excluding hydrogens is 659 g/mol. The maximum Gasteiger partial charge on any atom is 0.416 e. The van der Waals surface area contributed by atoms with Gasteiger partial charge in [0.05, 0.1) is 21.2 Å². The Morgan fingerprint density at radius 1 is 0.976 bits per heavy atom. The number of halogens is 5. The van der Waals surface area contributed by atoms with Crippen molar-refractivity contribution < 1.29 is 31.2 Å². The molecule has 0 fully saturated rings. The minimum Gasteiger partial charge on any atom is -0.350 e. The first-order chi connectivity index (χ1) is 19.4. The summed E-state index contributed by atoms with van der Waals surface area (Å²) in [5.74, 6) is -1.33. The van der Waals surface area contributed by atoms with Crippen LogP contribution in [0.25, 0.3) is 0 Å². The van der Waals surface area contributed by atoms with E-state index in [2.05, 4.69) is 21.2 Å². The normalized spacial score (nSPS) is 12.9. The zero-order valence-corrected chi connectivity index (χ0v) is 26.4. The first-order valence-corrected chi connectivity index (χ1v) is 15.3. The molecule has 42 heavy (non-hydrogen) atoms. The summed E-state index contributed by atoms with van der Waals surface area (Å²) in [6.45, 7) is 5.77. The lowest BCUT2D eigenvalue weighted by atomic mass is 10.1. The highest BCUT2D eigenvalue weighted by atomic mass is 79.9. The molecule has 0 aliphatic heterocycles. The lowest BCUT2D eigenvalue weighted by Gasteiger charge is -2.33. The second-order valence-electron chi connectivity index (χ2n) is 10.6. The van der Waals surface area contributed by atoms with E-state index in [-0.39, 0.29) is 16.5 Å². The quantitative estimate of drug-likeness (QED) is 0.273. The van der Waals surface area contributed by atoms with E-state index in [1.807, 2.05) is 0 Å². The molecule has 0 bridgehead atoms. The zero-order valence-electron chi connectivity index (χ0n) is 23.2. The van der Waals surface area contributed by atoms with Crippen molar-refractivity contribution in [3.8, 4) is 0 Å². The van der Waals surface area contributed by atoms with Crippen molar-refractivity contribution in [2.24, 2.45) is 0 Å². The van der Waals surface area contributed by atoms with Crippen LogP contribution in [0.3, 0.4) is 0 Å². The fraction of sp³-hybridized carbons (Fsp3) is 0.310. The average Bonchev–Trinajstić information content (AvgIpc) is 2.89. The van der Waals surface area contributed by atoms with E-state index in [0.717, 1.165) is 12.1 Å². The Morgan fingerprint density at radius 2 is 1.62 bits per heavy atom. The van der Waals surface area contributed by atoms with E-state index in [0.29, 0.717) is 20.4 Å². The highest BCUT2D eigenvalue weighted by Gasteiger charge is 2.36. The Bertz CT molecular complexity index is 1550. The number of sulfonamides is 1. The topological polar surface area (TPSA) is 86.8 Å². The van der Waals surface area contributed by atoms with Crippen LogP contribution in [0.2, 0.25) is 5.02 Å². The molecule has 0 aliphatic carbocycles. The number of hydrogen-bond donors (Lipinski definition) is 1. The SMILES string of the molecule is C[C@@H](C(=O)NC(C)(C)C)N(Cc1cccc(Br)c1)C(=O)CN(c1cc(C(F)(F)F)ccc1Cl)S(=O)(=O)c1ccccc1. The third kappa shape index (κ3) is 8.48. The van der Waals surface area contributed by atoms with Gasteiger partial charge in [-0.15, -0.1) is 0 Å². The maximum atomic E-state index is 14.0. The molecule has 1 N–H and O–H groups in total. The van der Waals surface area contributed by atoms with Gasteiger partial charge in [-0.25, -0.2) is 8.42 Å². The molecule has 2 amide bonds. The molecule has 3 aromatic carbocycles. The van der Waals surface area contributed by atoms with Crippen LogP contribution in [0.15, 0.2) is 82.2 Å². The van der Waals surface area contributed by atoms with Crippen LogP contribution in [0.4, 0.5) is 18.9 Å². The molecule has 0 heterocycles. The summed E-state index contributed by atoms with van der Waals surface area (Å²) in [6.07, 6.45) is -4.81. The highest BCUT2D eigenvalue weighted by Crippen LogP contribution is 2.37. The van der Waals surface area contributed by atoms with Crippen molar-refractivity contribution in [1.29, 1.82) is 0 Å². The van der Waals surface area contributed by atoms with Gasteiger partial charge in [0.2, 0.25) is 11.8 Å². The van der Waals surface area contributed by atoms with Gasteiger partial charge >= 0.3 is 6.18 Å².